The van der Waals surface area contributed by atoms with Crippen LogP contribution in [0, 0.1) is 11.3 Å². The molecule has 0 aliphatic rings. The van der Waals surface area contributed by atoms with Crippen molar-refractivity contribution in [1.29, 1.82) is 5.26 Å². The fourth-order valence-corrected chi connectivity index (χ4v) is 7.66. The predicted octanol–water partition coefficient (Wildman–Crippen LogP) is 13.7. The molecule has 0 bridgehead atoms. The van der Waals surface area contributed by atoms with E-state index in [1.165, 1.54) is 21.5 Å². The van der Waals surface area contributed by atoms with Crippen LogP contribution in [0.1, 0.15) is 5.56 Å². The van der Waals surface area contributed by atoms with Gasteiger partial charge in [-0.05, 0) is 102 Å². The van der Waals surface area contributed by atoms with Crippen molar-refractivity contribution in [3.05, 3.63) is 212 Å². The third-order valence-corrected chi connectivity index (χ3v) is 10.8. The fourth-order valence-electron chi connectivity index (χ4n) is 7.66. The van der Waals surface area contributed by atoms with Crippen LogP contribution in [0.15, 0.2) is 206 Å². The number of fused-ring (bicyclic) bond motifs is 2. The van der Waals surface area contributed by atoms with Crippen molar-refractivity contribution in [2.45, 2.75) is 0 Å². The molecule has 0 N–H and O–H groups in total. The molecule has 58 heavy (non-hydrogen) atoms. The van der Waals surface area contributed by atoms with Gasteiger partial charge in [-0.2, -0.15) is 5.26 Å². The molecule has 0 saturated carbocycles. The molecule has 0 aliphatic heterocycles. The zero-order valence-electron chi connectivity index (χ0n) is 31.4. The first-order chi connectivity index (χ1) is 28.6. The van der Waals surface area contributed by atoms with E-state index in [4.69, 9.17) is 15.0 Å². The number of nitriles is 1. The van der Waals surface area contributed by atoms with E-state index in [-0.39, 0.29) is 0 Å². The third kappa shape index (κ3) is 6.79. The highest BCUT2D eigenvalue weighted by atomic mass is 15.0. The summed E-state index contributed by atoms with van der Waals surface area (Å²) in [6.07, 6.45) is 0. The zero-order valence-corrected chi connectivity index (χ0v) is 31.4. The summed E-state index contributed by atoms with van der Waals surface area (Å²) in [5.41, 5.74) is 11.9. The third-order valence-electron chi connectivity index (χ3n) is 10.8. The normalized spacial score (nSPS) is 11.1. The Morgan fingerprint density at radius 3 is 1.43 bits per heavy atom. The highest BCUT2D eigenvalue weighted by Crippen LogP contribution is 2.38. The van der Waals surface area contributed by atoms with Crippen LogP contribution in [-0.4, -0.2) is 15.0 Å². The molecule has 10 aromatic rings. The van der Waals surface area contributed by atoms with E-state index >= 15 is 0 Å². The van der Waals surface area contributed by atoms with Gasteiger partial charge in [0, 0.05) is 16.7 Å². The summed E-state index contributed by atoms with van der Waals surface area (Å²) < 4.78 is 0. The van der Waals surface area contributed by atoms with E-state index in [1.807, 2.05) is 42.5 Å². The van der Waals surface area contributed by atoms with Crippen LogP contribution in [-0.2, 0) is 0 Å². The maximum Gasteiger partial charge on any atom is 0.164 e. The second kappa shape index (κ2) is 14.9. The van der Waals surface area contributed by atoms with Crippen LogP contribution >= 0.6 is 0 Å². The Labute approximate surface area is 337 Å². The second-order valence-electron chi connectivity index (χ2n) is 14.4. The quantitative estimate of drug-likeness (QED) is 0.163. The first-order valence-electron chi connectivity index (χ1n) is 19.3. The van der Waals surface area contributed by atoms with Crippen molar-refractivity contribution in [2.75, 3.05) is 0 Å². The molecule has 10 rings (SSSR count). The SMILES string of the molecule is N#Cc1ccc(-c2cccc(-c3nc(-c4ccc(-c5ccccc5)cc4)nc(-c4cc(-c5ccc6ccccc6c5)ccc4-c4ccc5ccccc5c4)n3)c2)cc1. The highest BCUT2D eigenvalue weighted by Gasteiger charge is 2.18. The van der Waals surface area contributed by atoms with Gasteiger partial charge in [0.25, 0.3) is 0 Å². The Morgan fingerprint density at radius 2 is 0.724 bits per heavy atom. The van der Waals surface area contributed by atoms with Gasteiger partial charge in [-0.15, -0.1) is 0 Å². The van der Waals surface area contributed by atoms with Gasteiger partial charge < -0.3 is 0 Å². The van der Waals surface area contributed by atoms with Crippen LogP contribution in [0.4, 0.5) is 0 Å². The molecule has 0 unspecified atom stereocenters. The van der Waals surface area contributed by atoms with E-state index in [2.05, 4.69) is 170 Å². The lowest BCUT2D eigenvalue weighted by Gasteiger charge is -2.15. The summed E-state index contributed by atoms with van der Waals surface area (Å²) in [5.74, 6) is 1.74. The lowest BCUT2D eigenvalue weighted by molar-refractivity contribution is 1.07. The van der Waals surface area contributed by atoms with Gasteiger partial charge >= 0.3 is 0 Å². The Morgan fingerprint density at radius 1 is 0.276 bits per heavy atom. The average molecular weight is 739 g/mol. The largest absolute Gasteiger partial charge is 0.208 e. The minimum atomic E-state index is 0.572. The summed E-state index contributed by atoms with van der Waals surface area (Å²) in [7, 11) is 0. The lowest BCUT2D eigenvalue weighted by atomic mass is 9.92. The van der Waals surface area contributed by atoms with E-state index in [0.29, 0.717) is 23.0 Å². The standard InChI is InChI=1S/C54H34N4/c55-35-36-17-19-41(20-18-36)45-15-8-16-49(33-45)53-56-52(42-25-21-40(22-26-42)37-9-2-1-3-10-37)57-54(58-53)51-34-47(46-27-23-38-11-4-6-13-43(38)31-46)29-30-50(51)48-28-24-39-12-5-7-14-44(39)32-48/h1-34H. The van der Waals surface area contributed by atoms with Gasteiger partial charge in [-0.25, -0.2) is 15.0 Å². The second-order valence-corrected chi connectivity index (χ2v) is 14.4. The number of nitrogens with zero attached hydrogens (tertiary/aromatic N) is 4. The number of hydrogen-bond acceptors (Lipinski definition) is 4. The Bertz CT molecular complexity index is 3160. The maximum absolute atomic E-state index is 9.40. The molecule has 270 valence electrons. The minimum Gasteiger partial charge on any atom is -0.208 e. The van der Waals surface area contributed by atoms with Crippen molar-refractivity contribution in [3.63, 3.8) is 0 Å². The molecule has 0 amide bonds. The van der Waals surface area contributed by atoms with Crippen molar-refractivity contribution in [2.24, 2.45) is 0 Å². The summed E-state index contributed by atoms with van der Waals surface area (Å²) in [4.78, 5) is 15.7. The number of benzene rings is 9. The average Bonchev–Trinajstić information content (AvgIpc) is 3.31. The van der Waals surface area contributed by atoms with Crippen LogP contribution < -0.4 is 0 Å². The molecule has 0 fully saturated rings. The molecule has 1 aromatic heterocycles. The molecule has 0 spiro atoms. The molecule has 0 aliphatic carbocycles. The Balaban J connectivity index is 1.18. The van der Waals surface area contributed by atoms with E-state index in [1.54, 1.807) is 0 Å². The van der Waals surface area contributed by atoms with Crippen molar-refractivity contribution in [3.8, 4) is 84.7 Å². The smallest absolute Gasteiger partial charge is 0.164 e. The summed E-state index contributed by atoms with van der Waals surface area (Å²) >= 11 is 0. The van der Waals surface area contributed by atoms with Gasteiger partial charge in [0.2, 0.25) is 0 Å². The minimum absolute atomic E-state index is 0.572. The van der Waals surface area contributed by atoms with E-state index < -0.39 is 0 Å². The first-order valence-corrected chi connectivity index (χ1v) is 19.3. The highest BCUT2D eigenvalue weighted by molar-refractivity contribution is 5.93. The van der Waals surface area contributed by atoms with Gasteiger partial charge in [0.05, 0.1) is 11.6 Å². The van der Waals surface area contributed by atoms with Crippen LogP contribution in [0.3, 0.4) is 0 Å². The molecule has 0 saturated heterocycles. The number of rotatable bonds is 7. The molecule has 4 heteroatoms. The zero-order chi connectivity index (χ0) is 38.8. The summed E-state index contributed by atoms with van der Waals surface area (Å²) in [5, 5.41) is 14.1. The summed E-state index contributed by atoms with van der Waals surface area (Å²) in [6.45, 7) is 0. The Hall–Kier alpha value is -8.00. The monoisotopic (exact) mass is 738 g/mol. The molecular weight excluding hydrogens is 705 g/mol. The molecule has 1 heterocycles. The number of aromatic nitrogens is 3. The van der Waals surface area contributed by atoms with Crippen molar-refractivity contribution < 1.29 is 0 Å². The van der Waals surface area contributed by atoms with Crippen LogP contribution in [0.2, 0.25) is 0 Å². The van der Waals surface area contributed by atoms with Gasteiger partial charge in [0.15, 0.2) is 17.5 Å². The first kappa shape index (κ1) is 34.5. The van der Waals surface area contributed by atoms with Crippen molar-refractivity contribution in [1.82, 2.24) is 15.0 Å². The van der Waals surface area contributed by atoms with Gasteiger partial charge in [-0.1, -0.05) is 170 Å². The maximum atomic E-state index is 9.40. The molecule has 0 atom stereocenters. The van der Waals surface area contributed by atoms with Crippen LogP contribution in [0.5, 0.6) is 0 Å². The molecular formula is C54H34N4. The topological polar surface area (TPSA) is 62.5 Å². The molecule has 4 nitrogen and oxygen atoms in total. The van der Waals surface area contributed by atoms with Gasteiger partial charge in [-0.3, -0.25) is 0 Å². The molecule has 0 radical (unpaired) electrons. The Kier molecular flexibility index (Phi) is 8.87. The van der Waals surface area contributed by atoms with Crippen molar-refractivity contribution >= 4 is 21.5 Å². The van der Waals surface area contributed by atoms with Crippen LogP contribution in [0.25, 0.3) is 100 Å². The summed E-state index contributed by atoms with van der Waals surface area (Å²) in [6, 6.07) is 73.7. The van der Waals surface area contributed by atoms with Gasteiger partial charge in [0.1, 0.15) is 0 Å². The van der Waals surface area contributed by atoms with E-state index in [0.717, 1.165) is 61.2 Å². The molecule has 9 aromatic carbocycles. The number of hydrogen-bond donors (Lipinski definition) is 0. The lowest BCUT2D eigenvalue weighted by Crippen LogP contribution is -2.01. The van der Waals surface area contributed by atoms with E-state index in [9.17, 15) is 5.26 Å². The predicted molar refractivity (Wildman–Crippen MR) is 238 cm³/mol. The fraction of sp³-hybridized carbons (Fsp3) is 0.